The van der Waals surface area contributed by atoms with Gasteiger partial charge in [-0.3, -0.25) is 19.8 Å². The van der Waals surface area contributed by atoms with E-state index in [4.69, 9.17) is 27.9 Å². The Morgan fingerprint density at radius 1 is 1.12 bits per heavy atom. The van der Waals surface area contributed by atoms with E-state index in [2.05, 4.69) is 16.1 Å². The normalized spacial score (nSPS) is 15.4. The topological polar surface area (TPSA) is 101 Å². The lowest BCUT2D eigenvalue weighted by atomic mass is 10.2. The molecular formula is C23H22Cl2N4O4. The quantitative estimate of drug-likeness (QED) is 0.474. The minimum atomic E-state index is -0.909. The van der Waals surface area contributed by atoms with Crippen LogP contribution in [0.15, 0.2) is 42.5 Å². The van der Waals surface area contributed by atoms with Crippen LogP contribution in [-0.2, 0) is 14.3 Å². The SMILES string of the molecule is Cc1c(Cl)cccc1NC(=O)c1cc2cc(Cl)ccc2n1NC(=O)C(=O)NC[C@H]1CCCO1. The Kier molecular flexibility index (Phi) is 6.88. The average Bonchev–Trinajstić information content (AvgIpc) is 3.43. The molecule has 1 aliphatic heterocycles. The summed E-state index contributed by atoms with van der Waals surface area (Å²) < 4.78 is 6.73. The lowest BCUT2D eigenvalue weighted by Gasteiger charge is -2.14. The fourth-order valence-electron chi connectivity index (χ4n) is 3.65. The minimum Gasteiger partial charge on any atom is -0.376 e. The predicted molar refractivity (Wildman–Crippen MR) is 127 cm³/mol. The first kappa shape index (κ1) is 23.1. The fraction of sp³-hybridized carbons (Fsp3) is 0.261. The summed E-state index contributed by atoms with van der Waals surface area (Å²) in [5.74, 6) is -2.22. The van der Waals surface area contributed by atoms with Crippen LogP contribution in [-0.4, -0.2) is 41.7 Å². The van der Waals surface area contributed by atoms with Crippen LogP contribution in [0.1, 0.15) is 28.9 Å². The Morgan fingerprint density at radius 2 is 1.94 bits per heavy atom. The Balaban J connectivity index is 1.58. The molecule has 3 amide bonds. The second-order valence-corrected chi connectivity index (χ2v) is 8.56. The molecule has 3 aromatic rings. The maximum Gasteiger partial charge on any atom is 0.328 e. The van der Waals surface area contributed by atoms with Crippen LogP contribution in [0.2, 0.25) is 10.0 Å². The Morgan fingerprint density at radius 3 is 2.70 bits per heavy atom. The summed E-state index contributed by atoms with van der Waals surface area (Å²) in [6.45, 7) is 2.68. The highest BCUT2D eigenvalue weighted by Crippen LogP contribution is 2.26. The van der Waals surface area contributed by atoms with Gasteiger partial charge in [-0.1, -0.05) is 29.3 Å². The lowest BCUT2D eigenvalue weighted by Crippen LogP contribution is -2.42. The summed E-state index contributed by atoms with van der Waals surface area (Å²) in [5.41, 5.74) is 4.38. The van der Waals surface area contributed by atoms with Gasteiger partial charge in [-0.25, -0.2) is 4.68 Å². The van der Waals surface area contributed by atoms with Crippen LogP contribution in [0.5, 0.6) is 0 Å². The lowest BCUT2D eigenvalue weighted by molar-refractivity contribution is -0.136. The van der Waals surface area contributed by atoms with E-state index in [0.717, 1.165) is 12.8 Å². The van der Waals surface area contributed by atoms with Crippen LogP contribution >= 0.6 is 23.2 Å². The summed E-state index contributed by atoms with van der Waals surface area (Å²) >= 11 is 12.3. The number of aromatic nitrogens is 1. The number of benzene rings is 2. The van der Waals surface area contributed by atoms with Gasteiger partial charge in [0.1, 0.15) is 5.69 Å². The van der Waals surface area contributed by atoms with Gasteiger partial charge in [0.2, 0.25) is 0 Å². The molecule has 1 aliphatic rings. The highest BCUT2D eigenvalue weighted by molar-refractivity contribution is 6.38. The number of nitrogens with zero attached hydrogens (tertiary/aromatic N) is 1. The maximum absolute atomic E-state index is 13.1. The van der Waals surface area contributed by atoms with Crippen LogP contribution in [0.3, 0.4) is 0 Å². The molecule has 8 nitrogen and oxygen atoms in total. The minimum absolute atomic E-state index is 0.0985. The number of anilines is 1. The number of carbonyl (C=O) groups is 3. The van der Waals surface area contributed by atoms with Gasteiger partial charge in [-0.05, 0) is 61.7 Å². The number of carbonyl (C=O) groups excluding carboxylic acids is 3. The van der Waals surface area contributed by atoms with E-state index in [9.17, 15) is 14.4 Å². The van der Waals surface area contributed by atoms with Crippen molar-refractivity contribution in [1.82, 2.24) is 9.99 Å². The third-order valence-corrected chi connectivity index (χ3v) is 6.09. The van der Waals surface area contributed by atoms with Crippen molar-refractivity contribution in [3.8, 4) is 0 Å². The first-order valence-electron chi connectivity index (χ1n) is 10.4. The molecule has 1 aromatic heterocycles. The number of halogens is 2. The van der Waals surface area contributed by atoms with E-state index in [0.29, 0.717) is 38.8 Å². The van der Waals surface area contributed by atoms with Gasteiger partial charge in [0.25, 0.3) is 5.91 Å². The van der Waals surface area contributed by atoms with Crippen LogP contribution in [0.4, 0.5) is 5.69 Å². The first-order chi connectivity index (χ1) is 15.8. The molecule has 10 heteroatoms. The molecule has 33 heavy (non-hydrogen) atoms. The summed E-state index contributed by atoms with van der Waals surface area (Å²) in [4.78, 5) is 38.1. The van der Waals surface area contributed by atoms with Gasteiger partial charge in [0.05, 0.1) is 11.6 Å². The van der Waals surface area contributed by atoms with Crippen molar-refractivity contribution in [1.29, 1.82) is 0 Å². The van der Waals surface area contributed by atoms with Crippen molar-refractivity contribution in [2.75, 3.05) is 23.9 Å². The molecule has 1 saturated heterocycles. The summed E-state index contributed by atoms with van der Waals surface area (Å²) in [6, 6.07) is 11.7. The monoisotopic (exact) mass is 488 g/mol. The zero-order valence-corrected chi connectivity index (χ0v) is 19.3. The third kappa shape index (κ3) is 5.13. The zero-order chi connectivity index (χ0) is 23.5. The number of nitrogens with one attached hydrogen (secondary N) is 3. The van der Waals surface area contributed by atoms with Gasteiger partial charge in [-0.2, -0.15) is 0 Å². The molecule has 1 atom stereocenters. The molecule has 2 heterocycles. The maximum atomic E-state index is 13.1. The molecule has 0 unspecified atom stereocenters. The Hall–Kier alpha value is -3.07. The number of hydrogen-bond donors (Lipinski definition) is 3. The molecule has 0 bridgehead atoms. The van der Waals surface area contributed by atoms with E-state index < -0.39 is 17.7 Å². The van der Waals surface area contributed by atoms with Crippen molar-refractivity contribution < 1.29 is 19.1 Å². The van der Waals surface area contributed by atoms with Crippen molar-refractivity contribution in [2.24, 2.45) is 0 Å². The molecule has 4 rings (SSSR count). The molecule has 172 valence electrons. The summed E-state index contributed by atoms with van der Waals surface area (Å²) in [5, 5.41) is 6.97. The van der Waals surface area contributed by atoms with Crippen molar-refractivity contribution in [2.45, 2.75) is 25.9 Å². The molecule has 0 aliphatic carbocycles. The molecule has 0 radical (unpaired) electrons. The number of amides is 3. The van der Waals surface area contributed by atoms with Crippen molar-refractivity contribution >= 4 is 57.5 Å². The largest absolute Gasteiger partial charge is 0.376 e. The second-order valence-electron chi connectivity index (χ2n) is 7.72. The third-order valence-electron chi connectivity index (χ3n) is 5.45. The number of fused-ring (bicyclic) bond motifs is 1. The van der Waals surface area contributed by atoms with E-state index in [1.807, 2.05) is 0 Å². The fourth-order valence-corrected chi connectivity index (χ4v) is 4.00. The van der Waals surface area contributed by atoms with Crippen LogP contribution < -0.4 is 16.1 Å². The summed E-state index contributed by atoms with van der Waals surface area (Å²) in [7, 11) is 0. The highest BCUT2D eigenvalue weighted by atomic mass is 35.5. The van der Waals surface area contributed by atoms with E-state index in [-0.39, 0.29) is 18.3 Å². The van der Waals surface area contributed by atoms with Crippen LogP contribution in [0.25, 0.3) is 10.9 Å². The Labute approximate surface area is 200 Å². The van der Waals surface area contributed by atoms with Crippen molar-refractivity contribution in [3.63, 3.8) is 0 Å². The molecular weight excluding hydrogens is 467 g/mol. The first-order valence-corrected chi connectivity index (χ1v) is 11.2. The van der Waals surface area contributed by atoms with Crippen LogP contribution in [0, 0.1) is 6.92 Å². The van der Waals surface area contributed by atoms with E-state index in [1.54, 1.807) is 49.4 Å². The second kappa shape index (κ2) is 9.82. The number of hydrogen-bond acceptors (Lipinski definition) is 4. The number of rotatable bonds is 5. The number of ether oxygens (including phenoxy) is 1. The van der Waals surface area contributed by atoms with Gasteiger partial charge in [0.15, 0.2) is 0 Å². The molecule has 1 fully saturated rings. The van der Waals surface area contributed by atoms with Gasteiger partial charge in [0, 0.05) is 34.3 Å². The molecule has 3 N–H and O–H groups in total. The zero-order valence-electron chi connectivity index (χ0n) is 17.8. The molecule has 0 spiro atoms. The molecule has 2 aromatic carbocycles. The van der Waals surface area contributed by atoms with Gasteiger partial charge in [-0.15, -0.1) is 0 Å². The van der Waals surface area contributed by atoms with E-state index >= 15 is 0 Å². The smallest absolute Gasteiger partial charge is 0.328 e. The van der Waals surface area contributed by atoms with Gasteiger partial charge >= 0.3 is 11.8 Å². The van der Waals surface area contributed by atoms with Gasteiger partial charge < -0.3 is 15.4 Å². The predicted octanol–water partition coefficient (Wildman–Crippen LogP) is 3.87. The van der Waals surface area contributed by atoms with Crippen molar-refractivity contribution in [3.05, 3.63) is 63.8 Å². The highest BCUT2D eigenvalue weighted by Gasteiger charge is 2.23. The molecule has 0 saturated carbocycles. The standard InChI is InChI=1S/C23H22Cl2N4O4/c1-13-17(25)5-2-6-18(13)27-21(30)20-11-14-10-15(24)7-8-19(14)29(20)28-23(32)22(31)26-12-16-4-3-9-33-16/h2,5-8,10-11,16H,3-4,9,12H2,1H3,(H,26,31)(H,27,30)(H,28,32)/t16-/m1/s1. The average molecular weight is 489 g/mol. The van der Waals surface area contributed by atoms with E-state index in [1.165, 1.54) is 4.68 Å². The summed E-state index contributed by atoms with van der Waals surface area (Å²) in [6.07, 6.45) is 1.66. The Bertz CT molecular complexity index is 1230.